The third-order valence-electron chi connectivity index (χ3n) is 5.87. The molecule has 1 aromatic heterocycles. The van der Waals surface area contributed by atoms with Gasteiger partial charge in [-0.25, -0.2) is 4.98 Å². The van der Waals surface area contributed by atoms with E-state index < -0.39 is 29.0 Å². The van der Waals surface area contributed by atoms with E-state index in [4.69, 9.17) is 14.2 Å². The molecule has 3 aromatic rings. The Kier molecular flexibility index (Phi) is 4.70. The summed E-state index contributed by atoms with van der Waals surface area (Å²) in [5.74, 6) is 0.529. The zero-order chi connectivity index (χ0) is 22.5. The molecule has 0 saturated carbocycles. The van der Waals surface area contributed by atoms with Crippen molar-refractivity contribution in [3.8, 4) is 11.9 Å². The van der Waals surface area contributed by atoms with Gasteiger partial charge in [0.15, 0.2) is 18.1 Å². The summed E-state index contributed by atoms with van der Waals surface area (Å²) in [6.45, 7) is 2.37. The number of benzene rings is 2. The molecule has 2 aromatic carbocycles. The molecule has 0 spiro atoms. The fraction of sp³-hybridized carbons (Fsp3) is 0.333. The van der Waals surface area contributed by atoms with Crippen LogP contribution in [0.25, 0.3) is 11.0 Å². The Hall–Kier alpha value is -3.72. The van der Waals surface area contributed by atoms with Gasteiger partial charge in [0.05, 0.1) is 35.2 Å². The van der Waals surface area contributed by atoms with Crippen LogP contribution < -0.4 is 10.1 Å². The second-order valence-corrected chi connectivity index (χ2v) is 7.76. The first kappa shape index (κ1) is 20.2. The maximum Gasteiger partial charge on any atom is 0.270 e. The van der Waals surface area contributed by atoms with Crippen LogP contribution in [0.1, 0.15) is 18.5 Å². The molecule has 1 fully saturated rings. The van der Waals surface area contributed by atoms with E-state index in [-0.39, 0.29) is 11.6 Å². The molecule has 11 heteroatoms. The highest BCUT2D eigenvalue weighted by atomic mass is 16.7. The van der Waals surface area contributed by atoms with Gasteiger partial charge >= 0.3 is 0 Å². The number of nitro benzene ring substituents is 1. The summed E-state index contributed by atoms with van der Waals surface area (Å²) in [6.07, 6.45) is -0.258. The molecule has 1 saturated heterocycles. The van der Waals surface area contributed by atoms with Gasteiger partial charge in [-0.05, 0) is 25.1 Å². The summed E-state index contributed by atoms with van der Waals surface area (Å²) in [4.78, 5) is 15.4. The summed E-state index contributed by atoms with van der Waals surface area (Å²) in [6, 6.07) is 10.5. The average molecular weight is 437 g/mol. The summed E-state index contributed by atoms with van der Waals surface area (Å²) >= 11 is 0. The van der Waals surface area contributed by atoms with Crippen molar-refractivity contribution in [3.63, 3.8) is 0 Å². The number of ether oxygens (including phenoxy) is 3. The van der Waals surface area contributed by atoms with Crippen LogP contribution in [0.3, 0.4) is 0 Å². The number of nitriles is 1. The van der Waals surface area contributed by atoms with Crippen LogP contribution in [-0.4, -0.2) is 50.8 Å². The molecule has 164 valence electrons. The number of nitrogens with one attached hydrogen (secondary N) is 1. The number of anilines is 1. The summed E-state index contributed by atoms with van der Waals surface area (Å²) in [5.41, 5.74) is 0.113. The predicted octanol–water partition coefficient (Wildman–Crippen LogP) is 2.31. The molecule has 11 nitrogen and oxygen atoms in total. The lowest BCUT2D eigenvalue weighted by Crippen LogP contribution is -2.60. The molecule has 3 atom stereocenters. The van der Waals surface area contributed by atoms with Crippen LogP contribution in [0.15, 0.2) is 42.5 Å². The van der Waals surface area contributed by atoms with E-state index >= 15 is 0 Å². The molecule has 0 radical (unpaired) electrons. The van der Waals surface area contributed by atoms with Gasteiger partial charge in [-0.2, -0.15) is 5.26 Å². The molecular formula is C21H19N5O6. The first-order chi connectivity index (χ1) is 15.4. The first-order valence-electron chi connectivity index (χ1n) is 9.94. The van der Waals surface area contributed by atoms with E-state index in [0.717, 1.165) is 0 Å². The lowest BCUT2D eigenvalue weighted by Gasteiger charge is -2.46. The fourth-order valence-corrected chi connectivity index (χ4v) is 4.38. The molecule has 2 aliphatic rings. The Balaban J connectivity index is 1.77. The standard InChI is InChI=1S/C21H19N5O6/c1-21(19-30-8-9-31-19)18(27)17(13-10-12(26(28)29)6-7-16(13)32-21)25-15-5-3-2-4-14(15)24-20(25)23-11-22/h2-7,10,17-19,27H,8-9H2,1H3,(H,23,24)/t17-,18+,21-/m0/s1. The Labute approximate surface area is 181 Å². The molecule has 0 amide bonds. The van der Waals surface area contributed by atoms with Crippen molar-refractivity contribution in [2.45, 2.75) is 31.0 Å². The number of nitrogens with zero attached hydrogens (tertiary/aromatic N) is 4. The Bertz CT molecular complexity index is 1250. The second kappa shape index (κ2) is 7.45. The average Bonchev–Trinajstić information content (AvgIpc) is 3.44. The number of aromatic nitrogens is 2. The van der Waals surface area contributed by atoms with Crippen LogP contribution in [0.5, 0.6) is 5.75 Å². The molecular weight excluding hydrogens is 418 g/mol. The summed E-state index contributed by atoms with van der Waals surface area (Å²) in [7, 11) is 0. The van der Waals surface area contributed by atoms with Gasteiger partial charge in [0.2, 0.25) is 5.95 Å². The Morgan fingerprint density at radius 2 is 2.06 bits per heavy atom. The van der Waals surface area contributed by atoms with E-state index in [1.54, 1.807) is 35.8 Å². The molecule has 0 bridgehead atoms. The third-order valence-corrected chi connectivity index (χ3v) is 5.87. The van der Waals surface area contributed by atoms with Crippen LogP contribution in [-0.2, 0) is 9.47 Å². The lowest BCUT2D eigenvalue weighted by atomic mass is 9.84. The van der Waals surface area contributed by atoms with Crippen LogP contribution in [0.2, 0.25) is 0 Å². The molecule has 0 unspecified atom stereocenters. The van der Waals surface area contributed by atoms with Gasteiger partial charge in [0.1, 0.15) is 11.9 Å². The smallest absolute Gasteiger partial charge is 0.270 e. The molecule has 2 N–H and O–H groups in total. The fourth-order valence-electron chi connectivity index (χ4n) is 4.38. The van der Waals surface area contributed by atoms with Crippen molar-refractivity contribution in [1.29, 1.82) is 5.26 Å². The number of hydrogen-bond donors (Lipinski definition) is 2. The number of imidazole rings is 1. The second-order valence-electron chi connectivity index (χ2n) is 7.76. The Morgan fingerprint density at radius 1 is 1.31 bits per heavy atom. The highest BCUT2D eigenvalue weighted by molar-refractivity contribution is 5.79. The van der Waals surface area contributed by atoms with Gasteiger partial charge in [-0.1, -0.05) is 12.1 Å². The van der Waals surface area contributed by atoms with Gasteiger partial charge in [-0.15, -0.1) is 0 Å². The molecule has 3 heterocycles. The minimum Gasteiger partial charge on any atom is -0.479 e. The van der Waals surface area contributed by atoms with Crippen LogP contribution in [0.4, 0.5) is 11.6 Å². The van der Waals surface area contributed by atoms with Crippen molar-refractivity contribution in [3.05, 3.63) is 58.1 Å². The van der Waals surface area contributed by atoms with Crippen LogP contribution in [0, 0.1) is 21.6 Å². The maximum atomic E-state index is 11.6. The molecule has 0 aliphatic carbocycles. The number of fused-ring (bicyclic) bond motifs is 2. The molecule has 5 rings (SSSR count). The van der Waals surface area contributed by atoms with Gasteiger partial charge < -0.3 is 19.3 Å². The van der Waals surface area contributed by atoms with Crippen molar-refractivity contribution < 1.29 is 24.2 Å². The maximum absolute atomic E-state index is 11.6. The highest BCUT2D eigenvalue weighted by Gasteiger charge is 2.55. The van der Waals surface area contributed by atoms with Crippen molar-refractivity contribution in [2.24, 2.45) is 0 Å². The normalized spacial score (nSPS) is 25.2. The number of non-ortho nitro benzene ring substituents is 1. The van der Waals surface area contributed by atoms with E-state index in [9.17, 15) is 20.5 Å². The lowest BCUT2D eigenvalue weighted by molar-refractivity contribution is -0.385. The third kappa shape index (κ3) is 2.96. The Morgan fingerprint density at radius 3 is 2.78 bits per heavy atom. The molecule has 2 aliphatic heterocycles. The quantitative estimate of drug-likeness (QED) is 0.272. The number of hydrogen-bond acceptors (Lipinski definition) is 9. The number of para-hydroxylation sites is 2. The van der Waals surface area contributed by atoms with Crippen molar-refractivity contribution in [1.82, 2.24) is 9.55 Å². The number of rotatable bonds is 4. The van der Waals surface area contributed by atoms with Crippen molar-refractivity contribution in [2.75, 3.05) is 18.5 Å². The number of aliphatic hydroxyl groups is 1. The summed E-state index contributed by atoms with van der Waals surface area (Å²) < 4.78 is 19.1. The van der Waals surface area contributed by atoms with E-state index in [0.29, 0.717) is 35.6 Å². The monoisotopic (exact) mass is 437 g/mol. The number of aliphatic hydroxyl groups excluding tert-OH is 1. The molecule has 32 heavy (non-hydrogen) atoms. The minimum absolute atomic E-state index is 0.152. The van der Waals surface area contributed by atoms with Gasteiger partial charge in [0.25, 0.3) is 5.69 Å². The van der Waals surface area contributed by atoms with E-state index in [2.05, 4.69) is 10.3 Å². The minimum atomic E-state index is -1.33. The van der Waals surface area contributed by atoms with Gasteiger partial charge in [-0.3, -0.25) is 20.0 Å². The van der Waals surface area contributed by atoms with E-state index in [1.165, 1.54) is 18.2 Å². The largest absolute Gasteiger partial charge is 0.479 e. The van der Waals surface area contributed by atoms with Crippen LogP contribution >= 0.6 is 0 Å². The topological polar surface area (TPSA) is 145 Å². The van der Waals surface area contributed by atoms with Gasteiger partial charge in [0, 0.05) is 17.7 Å². The number of nitro groups is 1. The van der Waals surface area contributed by atoms with Crippen molar-refractivity contribution >= 4 is 22.7 Å². The highest BCUT2D eigenvalue weighted by Crippen LogP contribution is 2.47. The zero-order valence-electron chi connectivity index (χ0n) is 17.0. The first-order valence-corrected chi connectivity index (χ1v) is 9.94. The predicted molar refractivity (Wildman–Crippen MR) is 111 cm³/mol. The SMILES string of the molecule is C[C@]1(C2OCCO2)Oc2ccc([N+](=O)[O-])cc2[C@H](n2c(NC#N)nc3ccccc32)[C@H]1O. The van der Waals surface area contributed by atoms with E-state index in [1.807, 2.05) is 6.19 Å². The zero-order valence-corrected chi connectivity index (χ0v) is 17.0. The summed E-state index contributed by atoms with van der Waals surface area (Å²) in [5, 5.41) is 34.9.